The number of nitrogens with zero attached hydrogens (tertiary/aromatic N) is 2. The molecule has 1 aliphatic heterocycles. The summed E-state index contributed by atoms with van der Waals surface area (Å²) in [5, 5.41) is 11.2. The van der Waals surface area contributed by atoms with Gasteiger partial charge < -0.3 is 14.7 Å². The second-order valence-corrected chi connectivity index (χ2v) is 8.01. The first kappa shape index (κ1) is 19.9. The van der Waals surface area contributed by atoms with E-state index in [4.69, 9.17) is 4.74 Å². The van der Waals surface area contributed by atoms with Crippen molar-refractivity contribution < 1.29 is 9.84 Å². The molecule has 0 radical (unpaired) electrons. The molecule has 146 valence electrons. The molecule has 0 spiro atoms. The van der Waals surface area contributed by atoms with Crippen LogP contribution in [0.1, 0.15) is 35.1 Å². The minimum absolute atomic E-state index is 0.697. The Morgan fingerprint density at radius 2 is 1.81 bits per heavy atom. The zero-order valence-electron chi connectivity index (χ0n) is 17.0. The zero-order chi connectivity index (χ0) is 19.4. The average molecular weight is 369 g/mol. The molecule has 0 aliphatic carbocycles. The predicted octanol–water partition coefficient (Wildman–Crippen LogP) is 3.55. The summed E-state index contributed by atoms with van der Waals surface area (Å²) in [6, 6.07) is 14.7. The summed E-state index contributed by atoms with van der Waals surface area (Å²) < 4.78 is 5.51. The Hall–Kier alpha value is -1.88. The fourth-order valence-electron chi connectivity index (χ4n) is 4.10. The summed E-state index contributed by atoms with van der Waals surface area (Å²) in [6.45, 7) is 5.67. The number of methoxy groups -OCH3 is 1. The summed E-state index contributed by atoms with van der Waals surface area (Å²) in [4.78, 5) is 4.60. The van der Waals surface area contributed by atoms with Crippen molar-refractivity contribution in [1.29, 1.82) is 0 Å². The first-order valence-corrected chi connectivity index (χ1v) is 9.72. The van der Waals surface area contributed by atoms with Crippen molar-refractivity contribution in [2.45, 2.75) is 38.5 Å². The number of hydrogen-bond acceptors (Lipinski definition) is 4. The lowest BCUT2D eigenvalue weighted by Gasteiger charge is -2.39. The lowest BCUT2D eigenvalue weighted by atomic mass is 9.82. The number of aryl methyl sites for hydroxylation is 1. The van der Waals surface area contributed by atoms with Gasteiger partial charge in [-0.15, -0.1) is 0 Å². The molecule has 3 rings (SSSR count). The highest BCUT2D eigenvalue weighted by atomic mass is 16.5. The van der Waals surface area contributed by atoms with Crippen LogP contribution in [0, 0.1) is 6.92 Å². The second kappa shape index (κ2) is 8.42. The van der Waals surface area contributed by atoms with Crippen molar-refractivity contribution in [2.24, 2.45) is 0 Å². The normalized spacial score (nSPS) is 17.3. The van der Waals surface area contributed by atoms with Gasteiger partial charge in [0.05, 0.1) is 12.7 Å². The summed E-state index contributed by atoms with van der Waals surface area (Å²) in [7, 11) is 5.87. The van der Waals surface area contributed by atoms with Crippen LogP contribution < -0.4 is 4.74 Å². The van der Waals surface area contributed by atoms with Gasteiger partial charge >= 0.3 is 0 Å². The molecule has 4 heteroatoms. The molecule has 1 N–H and O–H groups in total. The van der Waals surface area contributed by atoms with E-state index in [0.29, 0.717) is 0 Å². The molecular formula is C23H32N2O2. The van der Waals surface area contributed by atoms with Crippen molar-refractivity contribution in [3.63, 3.8) is 0 Å². The van der Waals surface area contributed by atoms with Crippen LogP contribution in [-0.4, -0.2) is 49.2 Å². The Balaban J connectivity index is 1.66. The molecule has 0 unspecified atom stereocenters. The Bertz CT molecular complexity index is 765. The third-order valence-corrected chi connectivity index (χ3v) is 5.57. The standard InChI is InChI=1S/C23H32N2O2/c1-18-7-5-6-8-21(18)23(26)11-13-25(14-12-23)16-19-9-10-22(27-4)20(15-19)17-24(2)3/h5-10,15,26H,11-14,16-17H2,1-4H3. The van der Waals surface area contributed by atoms with Gasteiger partial charge in [-0.05, 0) is 62.7 Å². The second-order valence-electron chi connectivity index (χ2n) is 8.01. The minimum atomic E-state index is -0.697. The van der Waals surface area contributed by atoms with Crippen molar-refractivity contribution in [2.75, 3.05) is 34.3 Å². The molecule has 4 nitrogen and oxygen atoms in total. The number of aliphatic hydroxyl groups is 1. The molecule has 2 aromatic carbocycles. The van der Waals surface area contributed by atoms with E-state index in [1.807, 2.05) is 12.1 Å². The number of rotatable bonds is 6. The maximum atomic E-state index is 11.2. The highest BCUT2D eigenvalue weighted by Gasteiger charge is 2.34. The van der Waals surface area contributed by atoms with Crippen LogP contribution in [0.15, 0.2) is 42.5 Å². The van der Waals surface area contributed by atoms with Crippen LogP contribution in [0.25, 0.3) is 0 Å². The van der Waals surface area contributed by atoms with E-state index in [9.17, 15) is 5.11 Å². The summed E-state index contributed by atoms with van der Waals surface area (Å²) in [5.41, 5.74) is 4.08. The van der Waals surface area contributed by atoms with E-state index in [2.05, 4.69) is 61.2 Å². The summed E-state index contributed by atoms with van der Waals surface area (Å²) in [5.74, 6) is 0.944. The highest BCUT2D eigenvalue weighted by Crippen LogP contribution is 2.35. The van der Waals surface area contributed by atoms with Crippen LogP contribution >= 0.6 is 0 Å². The number of hydrogen-bond donors (Lipinski definition) is 1. The Morgan fingerprint density at radius 1 is 1.11 bits per heavy atom. The van der Waals surface area contributed by atoms with E-state index in [1.54, 1.807) is 7.11 Å². The smallest absolute Gasteiger partial charge is 0.123 e. The topological polar surface area (TPSA) is 35.9 Å². The number of benzene rings is 2. The SMILES string of the molecule is COc1ccc(CN2CCC(O)(c3ccccc3C)CC2)cc1CN(C)C. The van der Waals surface area contributed by atoms with Crippen LogP contribution in [0.3, 0.4) is 0 Å². The van der Waals surface area contributed by atoms with E-state index in [1.165, 1.54) is 16.7 Å². The fraction of sp³-hybridized carbons (Fsp3) is 0.478. The van der Waals surface area contributed by atoms with Gasteiger partial charge in [0.2, 0.25) is 0 Å². The first-order valence-electron chi connectivity index (χ1n) is 9.72. The van der Waals surface area contributed by atoms with Gasteiger partial charge in [-0.1, -0.05) is 30.3 Å². The van der Waals surface area contributed by atoms with Gasteiger partial charge in [0.15, 0.2) is 0 Å². The summed E-state index contributed by atoms with van der Waals surface area (Å²) in [6.07, 6.45) is 1.55. The third kappa shape index (κ3) is 4.70. The quantitative estimate of drug-likeness (QED) is 0.846. The fourth-order valence-corrected chi connectivity index (χ4v) is 4.10. The van der Waals surface area contributed by atoms with E-state index in [0.717, 1.165) is 50.3 Å². The maximum Gasteiger partial charge on any atom is 0.123 e. The minimum Gasteiger partial charge on any atom is -0.496 e. The highest BCUT2D eigenvalue weighted by molar-refractivity contribution is 5.37. The van der Waals surface area contributed by atoms with Crippen LogP contribution in [-0.2, 0) is 18.7 Å². The molecule has 0 amide bonds. The molecule has 27 heavy (non-hydrogen) atoms. The Labute approximate surface area is 163 Å². The molecule has 1 saturated heterocycles. The lowest BCUT2D eigenvalue weighted by molar-refractivity contribution is -0.0282. The average Bonchev–Trinajstić information content (AvgIpc) is 2.64. The third-order valence-electron chi connectivity index (χ3n) is 5.57. The van der Waals surface area contributed by atoms with Crippen molar-refractivity contribution in [3.05, 3.63) is 64.7 Å². The zero-order valence-corrected chi connectivity index (χ0v) is 17.0. The number of likely N-dealkylation sites (tertiary alicyclic amines) is 1. The number of piperidine rings is 1. The maximum absolute atomic E-state index is 11.2. The molecule has 2 aromatic rings. The molecule has 0 saturated carbocycles. The summed E-state index contributed by atoms with van der Waals surface area (Å²) >= 11 is 0. The molecular weight excluding hydrogens is 336 g/mol. The van der Waals surface area contributed by atoms with Crippen molar-refractivity contribution in [3.8, 4) is 5.75 Å². The molecule has 0 bridgehead atoms. The Morgan fingerprint density at radius 3 is 2.44 bits per heavy atom. The lowest BCUT2D eigenvalue weighted by Crippen LogP contribution is -2.42. The van der Waals surface area contributed by atoms with Crippen molar-refractivity contribution in [1.82, 2.24) is 9.80 Å². The molecule has 1 aliphatic rings. The molecule has 1 heterocycles. The van der Waals surface area contributed by atoms with E-state index < -0.39 is 5.60 Å². The first-order chi connectivity index (χ1) is 12.9. The largest absolute Gasteiger partial charge is 0.496 e. The monoisotopic (exact) mass is 368 g/mol. The molecule has 0 aromatic heterocycles. The van der Waals surface area contributed by atoms with Gasteiger partial charge in [0, 0.05) is 31.7 Å². The van der Waals surface area contributed by atoms with E-state index >= 15 is 0 Å². The molecule has 1 fully saturated rings. The number of ether oxygens (including phenoxy) is 1. The van der Waals surface area contributed by atoms with Crippen LogP contribution in [0.2, 0.25) is 0 Å². The Kier molecular flexibility index (Phi) is 6.20. The van der Waals surface area contributed by atoms with Crippen LogP contribution in [0.5, 0.6) is 5.75 Å². The van der Waals surface area contributed by atoms with Gasteiger partial charge in [-0.2, -0.15) is 0 Å². The predicted molar refractivity (Wildman–Crippen MR) is 110 cm³/mol. The van der Waals surface area contributed by atoms with E-state index in [-0.39, 0.29) is 0 Å². The molecule has 0 atom stereocenters. The van der Waals surface area contributed by atoms with Gasteiger partial charge in [0.25, 0.3) is 0 Å². The van der Waals surface area contributed by atoms with Gasteiger partial charge in [-0.3, -0.25) is 4.90 Å². The van der Waals surface area contributed by atoms with Crippen molar-refractivity contribution >= 4 is 0 Å². The van der Waals surface area contributed by atoms with Gasteiger partial charge in [0.1, 0.15) is 5.75 Å². The van der Waals surface area contributed by atoms with Gasteiger partial charge in [-0.25, -0.2) is 0 Å². The van der Waals surface area contributed by atoms with Crippen LogP contribution in [0.4, 0.5) is 0 Å².